The zero-order chi connectivity index (χ0) is 22.6. The molecule has 0 atom stereocenters. The fourth-order valence-corrected chi connectivity index (χ4v) is 4.98. The van der Waals surface area contributed by atoms with Crippen molar-refractivity contribution in [3.05, 3.63) is 53.5 Å². The summed E-state index contributed by atoms with van der Waals surface area (Å²) >= 11 is 0. The van der Waals surface area contributed by atoms with Crippen molar-refractivity contribution in [2.45, 2.75) is 31.1 Å². The first-order valence-corrected chi connectivity index (χ1v) is 11.4. The SMILES string of the molecule is Cc1ccnc(NC(=O)CN(C)C(=O)c2ccc(F)c(S(=O)(=O)N3CCCCC3)c2)c1. The number of anilines is 1. The van der Waals surface area contributed by atoms with Gasteiger partial charge in [0.2, 0.25) is 15.9 Å². The summed E-state index contributed by atoms with van der Waals surface area (Å²) in [6.45, 7) is 2.23. The lowest BCUT2D eigenvalue weighted by Crippen LogP contribution is -2.37. The average molecular weight is 449 g/mol. The zero-order valence-corrected chi connectivity index (χ0v) is 18.3. The van der Waals surface area contributed by atoms with Crippen LogP contribution in [-0.2, 0) is 14.8 Å². The van der Waals surface area contributed by atoms with Crippen LogP contribution < -0.4 is 5.32 Å². The largest absolute Gasteiger partial charge is 0.332 e. The molecule has 1 aliphatic heterocycles. The fourth-order valence-electron chi connectivity index (χ4n) is 3.37. The van der Waals surface area contributed by atoms with Gasteiger partial charge in [-0.05, 0) is 55.7 Å². The fraction of sp³-hybridized carbons (Fsp3) is 0.381. The minimum absolute atomic E-state index is 0.0130. The van der Waals surface area contributed by atoms with Crippen LogP contribution in [0.15, 0.2) is 41.4 Å². The van der Waals surface area contributed by atoms with Gasteiger partial charge in [-0.25, -0.2) is 17.8 Å². The molecular formula is C21H25FN4O4S. The molecule has 0 radical (unpaired) electrons. The van der Waals surface area contributed by atoms with Crippen LogP contribution in [0.4, 0.5) is 10.2 Å². The number of amides is 2. The van der Waals surface area contributed by atoms with E-state index in [9.17, 15) is 22.4 Å². The summed E-state index contributed by atoms with van der Waals surface area (Å²) in [6.07, 6.45) is 3.92. The first-order valence-electron chi connectivity index (χ1n) is 9.96. The number of hydrogen-bond acceptors (Lipinski definition) is 5. The quantitative estimate of drug-likeness (QED) is 0.732. The predicted molar refractivity (Wildman–Crippen MR) is 114 cm³/mol. The molecule has 8 nitrogen and oxygen atoms in total. The molecule has 1 aromatic carbocycles. The van der Waals surface area contributed by atoms with Gasteiger partial charge in [0.1, 0.15) is 16.5 Å². The maximum atomic E-state index is 14.4. The molecule has 31 heavy (non-hydrogen) atoms. The number of aryl methyl sites for hydroxylation is 1. The number of carbonyl (C=O) groups excluding carboxylic acids is 2. The van der Waals surface area contributed by atoms with E-state index in [0.717, 1.165) is 29.0 Å². The summed E-state index contributed by atoms with van der Waals surface area (Å²) in [7, 11) is -2.63. The number of piperidine rings is 1. The van der Waals surface area contributed by atoms with Crippen molar-refractivity contribution in [2.24, 2.45) is 0 Å². The first kappa shape index (κ1) is 22.8. The zero-order valence-electron chi connectivity index (χ0n) is 17.5. The maximum absolute atomic E-state index is 14.4. The van der Waals surface area contributed by atoms with Crippen LogP contribution in [0.5, 0.6) is 0 Å². The number of halogens is 1. The summed E-state index contributed by atoms with van der Waals surface area (Å²) in [6, 6.07) is 6.70. The van der Waals surface area contributed by atoms with Gasteiger partial charge in [-0.2, -0.15) is 4.31 Å². The summed E-state index contributed by atoms with van der Waals surface area (Å²) in [5.74, 6) is -1.60. The number of sulfonamides is 1. The van der Waals surface area contributed by atoms with Gasteiger partial charge in [-0.15, -0.1) is 0 Å². The molecule has 1 aromatic heterocycles. The molecule has 1 saturated heterocycles. The summed E-state index contributed by atoms with van der Waals surface area (Å²) in [5.41, 5.74) is 0.907. The molecule has 0 aliphatic carbocycles. The van der Waals surface area contributed by atoms with E-state index in [1.54, 1.807) is 18.3 Å². The molecule has 3 rings (SSSR count). The Labute approximate surface area is 181 Å². The smallest absolute Gasteiger partial charge is 0.254 e. The van der Waals surface area contributed by atoms with Crippen LogP contribution in [0, 0.1) is 12.7 Å². The van der Waals surface area contributed by atoms with E-state index in [0.29, 0.717) is 31.7 Å². The minimum atomic E-state index is -4.04. The summed E-state index contributed by atoms with van der Waals surface area (Å²) in [4.78, 5) is 29.6. The maximum Gasteiger partial charge on any atom is 0.254 e. The molecular weight excluding hydrogens is 423 g/mol. The Morgan fingerprint density at radius 2 is 1.87 bits per heavy atom. The van der Waals surface area contributed by atoms with E-state index < -0.39 is 32.6 Å². The Balaban J connectivity index is 1.73. The number of nitrogens with zero attached hydrogens (tertiary/aromatic N) is 3. The molecule has 2 amide bonds. The van der Waals surface area contributed by atoms with Gasteiger partial charge >= 0.3 is 0 Å². The second kappa shape index (κ2) is 9.52. The van der Waals surface area contributed by atoms with Crippen LogP contribution >= 0.6 is 0 Å². The van der Waals surface area contributed by atoms with Gasteiger partial charge in [0, 0.05) is 31.9 Å². The van der Waals surface area contributed by atoms with Crippen LogP contribution in [0.1, 0.15) is 35.2 Å². The lowest BCUT2D eigenvalue weighted by atomic mass is 10.2. The van der Waals surface area contributed by atoms with Gasteiger partial charge in [0.05, 0.1) is 6.54 Å². The highest BCUT2D eigenvalue weighted by molar-refractivity contribution is 7.89. The molecule has 0 bridgehead atoms. The second-order valence-electron chi connectivity index (χ2n) is 7.54. The van der Waals surface area contributed by atoms with Gasteiger partial charge < -0.3 is 10.2 Å². The molecule has 0 spiro atoms. The Morgan fingerprint density at radius 3 is 2.55 bits per heavy atom. The third-order valence-electron chi connectivity index (χ3n) is 5.02. The number of likely N-dealkylation sites (N-methyl/N-ethyl adjacent to an activating group) is 1. The van der Waals surface area contributed by atoms with E-state index in [-0.39, 0.29) is 12.1 Å². The number of pyridine rings is 1. The molecule has 1 fully saturated rings. The van der Waals surface area contributed by atoms with Crippen molar-refractivity contribution in [3.63, 3.8) is 0 Å². The number of benzene rings is 1. The molecule has 10 heteroatoms. The van der Waals surface area contributed by atoms with Crippen LogP contribution in [0.3, 0.4) is 0 Å². The van der Waals surface area contributed by atoms with Crippen molar-refractivity contribution >= 4 is 27.7 Å². The summed E-state index contributed by atoms with van der Waals surface area (Å²) < 4.78 is 41.3. The van der Waals surface area contributed by atoms with E-state index in [4.69, 9.17) is 0 Å². The van der Waals surface area contributed by atoms with E-state index in [1.165, 1.54) is 17.4 Å². The second-order valence-corrected chi connectivity index (χ2v) is 9.44. The standard InChI is InChI=1S/C21H25FN4O4S/c1-15-8-9-23-19(12-15)24-20(27)14-25(2)21(28)16-6-7-17(22)18(13-16)31(29,30)26-10-4-3-5-11-26/h6-9,12-13H,3-5,10-11,14H2,1-2H3,(H,23,24,27). The number of nitrogens with one attached hydrogen (secondary N) is 1. The molecule has 1 aliphatic rings. The Morgan fingerprint density at radius 1 is 1.16 bits per heavy atom. The third kappa shape index (κ3) is 5.45. The molecule has 0 saturated carbocycles. The number of hydrogen-bond donors (Lipinski definition) is 1. The molecule has 0 unspecified atom stereocenters. The molecule has 2 aromatic rings. The van der Waals surface area contributed by atoms with Crippen molar-refractivity contribution in [1.82, 2.24) is 14.2 Å². The first-order chi connectivity index (χ1) is 14.7. The van der Waals surface area contributed by atoms with Gasteiger partial charge in [-0.1, -0.05) is 6.42 Å². The van der Waals surface area contributed by atoms with Crippen molar-refractivity contribution < 1.29 is 22.4 Å². The predicted octanol–water partition coefficient (Wildman–Crippen LogP) is 2.41. The topological polar surface area (TPSA) is 99.7 Å². The average Bonchev–Trinajstić information content (AvgIpc) is 2.74. The van der Waals surface area contributed by atoms with Crippen LogP contribution in [-0.4, -0.2) is 61.1 Å². The normalized spacial score (nSPS) is 14.8. The monoisotopic (exact) mass is 448 g/mol. The molecule has 1 N–H and O–H groups in total. The highest BCUT2D eigenvalue weighted by Crippen LogP contribution is 2.24. The Kier molecular flexibility index (Phi) is 7.01. The molecule has 166 valence electrons. The van der Waals surface area contributed by atoms with E-state index >= 15 is 0 Å². The van der Waals surface area contributed by atoms with Crippen LogP contribution in [0.2, 0.25) is 0 Å². The lowest BCUT2D eigenvalue weighted by molar-refractivity contribution is -0.116. The molecule has 2 heterocycles. The Hall–Kier alpha value is -2.85. The lowest BCUT2D eigenvalue weighted by Gasteiger charge is -2.26. The Bertz CT molecular complexity index is 1080. The van der Waals surface area contributed by atoms with Gasteiger partial charge in [0.15, 0.2) is 0 Å². The van der Waals surface area contributed by atoms with Crippen LogP contribution in [0.25, 0.3) is 0 Å². The minimum Gasteiger partial charge on any atom is -0.332 e. The number of rotatable bonds is 6. The van der Waals surface area contributed by atoms with Crippen molar-refractivity contribution in [1.29, 1.82) is 0 Å². The highest BCUT2D eigenvalue weighted by Gasteiger charge is 2.30. The van der Waals surface area contributed by atoms with E-state index in [2.05, 4.69) is 10.3 Å². The highest BCUT2D eigenvalue weighted by atomic mass is 32.2. The van der Waals surface area contributed by atoms with E-state index in [1.807, 2.05) is 6.92 Å². The summed E-state index contributed by atoms with van der Waals surface area (Å²) in [5, 5.41) is 2.60. The van der Waals surface area contributed by atoms with Gasteiger partial charge in [0.25, 0.3) is 5.91 Å². The number of aromatic nitrogens is 1. The van der Waals surface area contributed by atoms with Gasteiger partial charge in [-0.3, -0.25) is 9.59 Å². The van der Waals surface area contributed by atoms with Crippen molar-refractivity contribution in [3.8, 4) is 0 Å². The third-order valence-corrected chi connectivity index (χ3v) is 6.94. The number of carbonyl (C=O) groups is 2. The van der Waals surface area contributed by atoms with Crippen molar-refractivity contribution in [2.75, 3.05) is 32.0 Å².